The topological polar surface area (TPSA) is 59.7 Å². The van der Waals surface area contributed by atoms with Crippen LogP contribution in [-0.4, -0.2) is 11.1 Å². The molecule has 4 nitrogen and oxygen atoms in total. The minimum absolute atomic E-state index is 0.162. The van der Waals surface area contributed by atoms with Crippen LogP contribution in [0.2, 0.25) is 0 Å². The summed E-state index contributed by atoms with van der Waals surface area (Å²) in [5.41, 5.74) is 0. The van der Waals surface area contributed by atoms with E-state index < -0.39 is 23.4 Å². The van der Waals surface area contributed by atoms with Crippen molar-refractivity contribution >= 4 is 5.97 Å². The standard InChI is InChI=1S/C12H8F2O4/c13-8-2-1-3-9(14)11(8)17-6-7-4-5-10(18-7)12(15)16/h1-5H,6H2,(H,15,16). The minimum Gasteiger partial charge on any atom is -0.480 e. The van der Waals surface area contributed by atoms with Gasteiger partial charge in [-0.3, -0.25) is 0 Å². The predicted octanol–water partition coefficient (Wildman–Crippen LogP) is 2.84. The highest BCUT2D eigenvalue weighted by Crippen LogP contribution is 2.22. The first-order valence-electron chi connectivity index (χ1n) is 4.96. The maximum Gasteiger partial charge on any atom is 0.371 e. The zero-order valence-corrected chi connectivity index (χ0v) is 9.02. The molecule has 1 aromatic carbocycles. The maximum atomic E-state index is 13.2. The van der Waals surface area contributed by atoms with Gasteiger partial charge in [0.2, 0.25) is 5.76 Å². The second-order valence-electron chi connectivity index (χ2n) is 3.41. The molecule has 1 aromatic heterocycles. The molecule has 6 heteroatoms. The third kappa shape index (κ3) is 2.48. The lowest BCUT2D eigenvalue weighted by Crippen LogP contribution is -1.99. The Morgan fingerprint density at radius 3 is 2.44 bits per heavy atom. The number of carboxylic acids is 1. The van der Waals surface area contributed by atoms with Crippen LogP contribution < -0.4 is 4.74 Å². The number of rotatable bonds is 4. The second kappa shape index (κ2) is 4.87. The molecule has 2 aromatic rings. The Kier molecular flexibility index (Phi) is 3.27. The van der Waals surface area contributed by atoms with Crippen molar-refractivity contribution in [2.45, 2.75) is 6.61 Å². The Balaban J connectivity index is 2.09. The van der Waals surface area contributed by atoms with Gasteiger partial charge in [0.25, 0.3) is 0 Å². The van der Waals surface area contributed by atoms with Gasteiger partial charge in [-0.25, -0.2) is 13.6 Å². The molecule has 0 aliphatic rings. The van der Waals surface area contributed by atoms with Crippen LogP contribution in [0, 0.1) is 11.6 Å². The van der Waals surface area contributed by atoms with Gasteiger partial charge in [0.1, 0.15) is 12.4 Å². The zero-order chi connectivity index (χ0) is 13.1. The molecule has 0 atom stereocenters. The van der Waals surface area contributed by atoms with Crippen LogP contribution >= 0.6 is 0 Å². The van der Waals surface area contributed by atoms with Crippen molar-refractivity contribution in [3.63, 3.8) is 0 Å². The molecule has 0 aliphatic heterocycles. The van der Waals surface area contributed by atoms with E-state index in [9.17, 15) is 13.6 Å². The van der Waals surface area contributed by atoms with Crippen LogP contribution in [0.4, 0.5) is 8.78 Å². The first-order chi connectivity index (χ1) is 8.58. The molecule has 0 bridgehead atoms. The fraction of sp³-hybridized carbons (Fsp3) is 0.0833. The van der Waals surface area contributed by atoms with Gasteiger partial charge in [-0.15, -0.1) is 0 Å². The Morgan fingerprint density at radius 1 is 1.22 bits per heavy atom. The molecule has 0 aliphatic carbocycles. The van der Waals surface area contributed by atoms with Crippen molar-refractivity contribution in [1.29, 1.82) is 0 Å². The van der Waals surface area contributed by atoms with Crippen molar-refractivity contribution in [3.05, 3.63) is 53.5 Å². The van der Waals surface area contributed by atoms with Crippen molar-refractivity contribution in [1.82, 2.24) is 0 Å². The van der Waals surface area contributed by atoms with Gasteiger partial charge in [0, 0.05) is 0 Å². The Hall–Kier alpha value is -2.37. The number of benzene rings is 1. The van der Waals surface area contributed by atoms with E-state index in [0.717, 1.165) is 12.1 Å². The normalized spacial score (nSPS) is 10.3. The second-order valence-corrected chi connectivity index (χ2v) is 3.41. The van der Waals surface area contributed by atoms with Crippen molar-refractivity contribution < 1.29 is 27.8 Å². The van der Waals surface area contributed by atoms with Gasteiger partial charge in [-0.05, 0) is 24.3 Å². The molecule has 0 unspecified atom stereocenters. The fourth-order valence-electron chi connectivity index (χ4n) is 1.33. The lowest BCUT2D eigenvalue weighted by molar-refractivity contribution is 0.0658. The van der Waals surface area contributed by atoms with Crippen LogP contribution in [0.15, 0.2) is 34.7 Å². The average Bonchev–Trinajstić information content (AvgIpc) is 2.77. The number of hydrogen-bond acceptors (Lipinski definition) is 3. The molecule has 0 spiro atoms. The van der Waals surface area contributed by atoms with Crippen LogP contribution in [0.25, 0.3) is 0 Å². The van der Waals surface area contributed by atoms with Gasteiger partial charge in [-0.2, -0.15) is 0 Å². The summed E-state index contributed by atoms with van der Waals surface area (Å²) in [6.07, 6.45) is 0. The summed E-state index contributed by atoms with van der Waals surface area (Å²) in [5.74, 6) is -3.51. The molecule has 0 radical (unpaired) electrons. The summed E-state index contributed by atoms with van der Waals surface area (Å²) in [6, 6.07) is 5.93. The summed E-state index contributed by atoms with van der Waals surface area (Å²) >= 11 is 0. The van der Waals surface area contributed by atoms with Gasteiger partial charge in [0.15, 0.2) is 17.4 Å². The van der Waals surface area contributed by atoms with Crippen LogP contribution in [-0.2, 0) is 6.61 Å². The largest absolute Gasteiger partial charge is 0.480 e. The molecule has 0 amide bonds. The van der Waals surface area contributed by atoms with E-state index in [-0.39, 0.29) is 18.1 Å². The number of carbonyl (C=O) groups is 1. The third-order valence-electron chi connectivity index (χ3n) is 2.15. The summed E-state index contributed by atoms with van der Waals surface area (Å²) in [6.45, 7) is -0.259. The van der Waals surface area contributed by atoms with E-state index in [1.54, 1.807) is 0 Å². The maximum absolute atomic E-state index is 13.2. The molecular formula is C12H8F2O4. The molecule has 94 valence electrons. The minimum atomic E-state index is -1.22. The van der Waals surface area contributed by atoms with E-state index in [1.807, 2.05) is 0 Å². The van der Waals surface area contributed by atoms with E-state index in [2.05, 4.69) is 0 Å². The number of carboxylic acid groups (broad SMARTS) is 1. The molecule has 2 rings (SSSR count). The van der Waals surface area contributed by atoms with Gasteiger partial charge in [0.05, 0.1) is 0 Å². The Bertz CT molecular complexity index is 557. The lowest BCUT2D eigenvalue weighted by atomic mass is 10.3. The Labute approximate surface area is 100 Å². The highest BCUT2D eigenvalue weighted by Gasteiger charge is 2.12. The molecule has 0 saturated carbocycles. The first-order valence-corrected chi connectivity index (χ1v) is 4.96. The lowest BCUT2D eigenvalue weighted by Gasteiger charge is -2.06. The quantitative estimate of drug-likeness (QED) is 0.911. The number of ether oxygens (including phenoxy) is 1. The molecule has 0 saturated heterocycles. The summed E-state index contributed by atoms with van der Waals surface area (Å²) in [7, 11) is 0. The van der Waals surface area contributed by atoms with Gasteiger partial charge >= 0.3 is 5.97 Å². The highest BCUT2D eigenvalue weighted by atomic mass is 19.1. The molecule has 1 N–H and O–H groups in total. The third-order valence-corrected chi connectivity index (χ3v) is 2.15. The van der Waals surface area contributed by atoms with Gasteiger partial charge < -0.3 is 14.3 Å². The van der Waals surface area contributed by atoms with Gasteiger partial charge in [-0.1, -0.05) is 6.07 Å². The van der Waals surface area contributed by atoms with E-state index in [4.69, 9.17) is 14.3 Å². The van der Waals surface area contributed by atoms with Crippen molar-refractivity contribution in [3.8, 4) is 5.75 Å². The molecule has 1 heterocycles. The fourth-order valence-corrected chi connectivity index (χ4v) is 1.33. The number of furan rings is 1. The Morgan fingerprint density at radius 2 is 1.89 bits per heavy atom. The van der Waals surface area contributed by atoms with Crippen LogP contribution in [0.3, 0.4) is 0 Å². The van der Waals surface area contributed by atoms with E-state index in [1.165, 1.54) is 18.2 Å². The number of halogens is 2. The summed E-state index contributed by atoms with van der Waals surface area (Å²) in [5, 5.41) is 8.62. The summed E-state index contributed by atoms with van der Waals surface area (Å²) in [4.78, 5) is 10.5. The van der Waals surface area contributed by atoms with E-state index >= 15 is 0 Å². The number of hydrogen-bond donors (Lipinski definition) is 1. The summed E-state index contributed by atoms with van der Waals surface area (Å²) < 4.78 is 36.2. The van der Waals surface area contributed by atoms with Crippen molar-refractivity contribution in [2.24, 2.45) is 0 Å². The predicted molar refractivity (Wildman–Crippen MR) is 56.4 cm³/mol. The SMILES string of the molecule is O=C(O)c1ccc(COc2c(F)cccc2F)o1. The highest BCUT2D eigenvalue weighted by molar-refractivity contribution is 5.84. The smallest absolute Gasteiger partial charge is 0.371 e. The van der Waals surface area contributed by atoms with Crippen molar-refractivity contribution in [2.75, 3.05) is 0 Å². The number of para-hydroxylation sites is 1. The van der Waals surface area contributed by atoms with Crippen LogP contribution in [0.1, 0.15) is 16.3 Å². The van der Waals surface area contributed by atoms with E-state index in [0.29, 0.717) is 0 Å². The molecule has 18 heavy (non-hydrogen) atoms. The monoisotopic (exact) mass is 254 g/mol. The average molecular weight is 254 g/mol. The zero-order valence-electron chi connectivity index (χ0n) is 9.02. The van der Waals surface area contributed by atoms with Crippen LogP contribution in [0.5, 0.6) is 5.75 Å². The molecular weight excluding hydrogens is 246 g/mol. The first kappa shape index (κ1) is 12.1. The molecule has 0 fully saturated rings. The number of aromatic carboxylic acids is 1.